The van der Waals surface area contributed by atoms with Gasteiger partial charge in [-0.25, -0.2) is 9.59 Å². The summed E-state index contributed by atoms with van der Waals surface area (Å²) in [6.07, 6.45) is 2.48. The summed E-state index contributed by atoms with van der Waals surface area (Å²) in [5.41, 5.74) is 0. The minimum absolute atomic E-state index is 0.00498. The number of carboxylic acids is 1. The summed E-state index contributed by atoms with van der Waals surface area (Å²) < 4.78 is 0. The molecule has 1 aliphatic heterocycles. The molecule has 7 heteroatoms. The number of carbonyl (C=O) groups is 2. The molecule has 7 nitrogen and oxygen atoms in total. The SMILES string of the molecule is O=C(O)[C@H](CCO)NC(=O)N1CCCC(CCO)C1. The summed E-state index contributed by atoms with van der Waals surface area (Å²) in [5, 5.41) is 29.0. The topological polar surface area (TPSA) is 110 Å². The Morgan fingerprint density at radius 2 is 2.05 bits per heavy atom. The van der Waals surface area contributed by atoms with E-state index in [2.05, 4.69) is 5.32 Å². The molecule has 0 spiro atoms. The Kier molecular flexibility index (Phi) is 6.58. The fourth-order valence-corrected chi connectivity index (χ4v) is 2.29. The highest BCUT2D eigenvalue weighted by Crippen LogP contribution is 2.19. The van der Waals surface area contributed by atoms with Gasteiger partial charge in [0.1, 0.15) is 6.04 Å². The predicted octanol–water partition coefficient (Wildman–Crippen LogP) is -0.374. The summed E-state index contributed by atoms with van der Waals surface area (Å²) in [5.74, 6) is -0.878. The maximum absolute atomic E-state index is 11.9. The number of piperidine rings is 1. The van der Waals surface area contributed by atoms with E-state index < -0.39 is 18.0 Å². The van der Waals surface area contributed by atoms with Gasteiger partial charge in [0.05, 0.1) is 0 Å². The van der Waals surface area contributed by atoms with E-state index in [1.807, 2.05) is 0 Å². The van der Waals surface area contributed by atoms with Crippen LogP contribution in [0.25, 0.3) is 0 Å². The monoisotopic (exact) mass is 274 g/mol. The summed E-state index contributed by atoms with van der Waals surface area (Å²) >= 11 is 0. The van der Waals surface area contributed by atoms with E-state index in [1.165, 1.54) is 0 Å². The molecule has 19 heavy (non-hydrogen) atoms. The molecule has 0 aromatic rings. The van der Waals surface area contributed by atoms with E-state index >= 15 is 0 Å². The molecule has 0 aromatic carbocycles. The lowest BCUT2D eigenvalue weighted by molar-refractivity contribution is -0.139. The third-order valence-corrected chi connectivity index (χ3v) is 3.36. The van der Waals surface area contributed by atoms with Crippen molar-refractivity contribution in [2.45, 2.75) is 31.7 Å². The Balaban J connectivity index is 2.49. The first-order valence-corrected chi connectivity index (χ1v) is 6.58. The average molecular weight is 274 g/mol. The number of carbonyl (C=O) groups excluding carboxylic acids is 1. The molecule has 1 saturated heterocycles. The Bertz CT molecular complexity index is 308. The van der Waals surface area contributed by atoms with Gasteiger partial charge in [-0.1, -0.05) is 0 Å². The van der Waals surface area contributed by atoms with E-state index in [4.69, 9.17) is 15.3 Å². The maximum atomic E-state index is 11.9. The molecule has 0 aromatic heterocycles. The second kappa shape index (κ2) is 7.96. The smallest absolute Gasteiger partial charge is 0.326 e. The van der Waals surface area contributed by atoms with Gasteiger partial charge in [-0.2, -0.15) is 0 Å². The number of rotatable bonds is 6. The van der Waals surface area contributed by atoms with Gasteiger partial charge < -0.3 is 25.5 Å². The number of amides is 2. The van der Waals surface area contributed by atoms with Crippen LogP contribution in [0.5, 0.6) is 0 Å². The molecular weight excluding hydrogens is 252 g/mol. The largest absolute Gasteiger partial charge is 0.480 e. The molecule has 0 saturated carbocycles. The molecule has 1 rings (SSSR count). The van der Waals surface area contributed by atoms with Gasteiger partial charge in [0.15, 0.2) is 0 Å². The standard InChI is InChI=1S/C12H22N2O5/c15-6-3-9-2-1-5-14(8-9)12(19)13-10(4-7-16)11(17)18/h9-10,15-16H,1-8H2,(H,13,19)(H,17,18)/t9?,10-/m0/s1. The summed E-state index contributed by atoms with van der Waals surface area (Å²) in [6, 6.07) is -1.47. The first-order chi connectivity index (χ1) is 9.08. The number of hydrogen-bond acceptors (Lipinski definition) is 4. The zero-order chi connectivity index (χ0) is 14.3. The number of nitrogens with zero attached hydrogens (tertiary/aromatic N) is 1. The molecule has 2 amide bonds. The number of aliphatic carboxylic acids is 1. The zero-order valence-corrected chi connectivity index (χ0v) is 10.9. The Labute approximate surface area is 112 Å². The molecule has 1 unspecified atom stereocenters. The van der Waals surface area contributed by atoms with Crippen LogP contribution in [0.2, 0.25) is 0 Å². The van der Waals surface area contributed by atoms with Crippen molar-refractivity contribution < 1.29 is 24.9 Å². The van der Waals surface area contributed by atoms with E-state index in [9.17, 15) is 9.59 Å². The van der Waals surface area contributed by atoms with Gasteiger partial charge in [0.25, 0.3) is 0 Å². The molecule has 110 valence electrons. The number of aliphatic hydroxyl groups is 2. The van der Waals surface area contributed by atoms with Gasteiger partial charge in [-0.15, -0.1) is 0 Å². The highest BCUT2D eigenvalue weighted by atomic mass is 16.4. The number of hydrogen-bond donors (Lipinski definition) is 4. The summed E-state index contributed by atoms with van der Waals surface area (Å²) in [4.78, 5) is 24.4. The third-order valence-electron chi connectivity index (χ3n) is 3.36. The highest BCUT2D eigenvalue weighted by molar-refractivity contribution is 5.82. The van der Waals surface area contributed by atoms with Crippen molar-refractivity contribution in [3.05, 3.63) is 0 Å². The molecule has 2 atom stereocenters. The van der Waals surface area contributed by atoms with Crippen LogP contribution in [-0.2, 0) is 4.79 Å². The number of nitrogens with one attached hydrogen (secondary N) is 1. The average Bonchev–Trinajstić information content (AvgIpc) is 2.38. The summed E-state index contributed by atoms with van der Waals surface area (Å²) in [6.45, 7) is 0.948. The lowest BCUT2D eigenvalue weighted by atomic mass is 9.95. The normalized spacial score (nSPS) is 20.9. The molecule has 1 heterocycles. The zero-order valence-electron chi connectivity index (χ0n) is 10.9. The molecule has 1 aliphatic rings. The van der Waals surface area contributed by atoms with Crippen molar-refractivity contribution in [2.75, 3.05) is 26.3 Å². The number of urea groups is 1. The predicted molar refractivity (Wildman–Crippen MR) is 67.7 cm³/mol. The minimum Gasteiger partial charge on any atom is -0.480 e. The maximum Gasteiger partial charge on any atom is 0.326 e. The molecular formula is C12H22N2O5. The number of likely N-dealkylation sites (tertiary alicyclic amines) is 1. The molecule has 1 fully saturated rings. The molecule has 0 bridgehead atoms. The minimum atomic E-state index is -1.15. The van der Waals surface area contributed by atoms with Gasteiger partial charge >= 0.3 is 12.0 Å². The van der Waals surface area contributed by atoms with Crippen molar-refractivity contribution >= 4 is 12.0 Å². The van der Waals surface area contributed by atoms with E-state index in [0.717, 1.165) is 12.8 Å². The van der Waals surface area contributed by atoms with E-state index in [-0.39, 0.29) is 25.6 Å². The van der Waals surface area contributed by atoms with Crippen LogP contribution in [0.1, 0.15) is 25.7 Å². The van der Waals surface area contributed by atoms with Crippen LogP contribution in [0.4, 0.5) is 4.79 Å². The van der Waals surface area contributed by atoms with Crippen LogP contribution in [0, 0.1) is 5.92 Å². The van der Waals surface area contributed by atoms with Gasteiger partial charge in [-0.05, 0) is 25.2 Å². The van der Waals surface area contributed by atoms with Crippen molar-refractivity contribution in [3.63, 3.8) is 0 Å². The van der Waals surface area contributed by atoms with Crippen molar-refractivity contribution in [1.29, 1.82) is 0 Å². The first kappa shape index (κ1) is 15.7. The Morgan fingerprint density at radius 3 is 2.63 bits per heavy atom. The van der Waals surface area contributed by atoms with Crippen LogP contribution >= 0.6 is 0 Å². The Hall–Kier alpha value is -1.34. The quantitative estimate of drug-likeness (QED) is 0.528. The van der Waals surface area contributed by atoms with Crippen LogP contribution in [0.15, 0.2) is 0 Å². The number of aliphatic hydroxyl groups excluding tert-OH is 2. The second-order valence-electron chi connectivity index (χ2n) is 4.82. The van der Waals surface area contributed by atoms with Crippen molar-refractivity contribution in [3.8, 4) is 0 Å². The lowest BCUT2D eigenvalue weighted by Gasteiger charge is -2.33. The Morgan fingerprint density at radius 1 is 1.32 bits per heavy atom. The van der Waals surface area contributed by atoms with Gasteiger partial charge in [0, 0.05) is 32.7 Å². The molecule has 4 N–H and O–H groups in total. The van der Waals surface area contributed by atoms with Gasteiger partial charge in [-0.3, -0.25) is 0 Å². The molecule has 0 radical (unpaired) electrons. The van der Waals surface area contributed by atoms with E-state index in [0.29, 0.717) is 19.5 Å². The first-order valence-electron chi connectivity index (χ1n) is 6.58. The molecule has 0 aliphatic carbocycles. The van der Waals surface area contributed by atoms with Crippen LogP contribution in [0.3, 0.4) is 0 Å². The third kappa shape index (κ3) is 5.04. The lowest BCUT2D eigenvalue weighted by Crippen LogP contribution is -2.51. The van der Waals surface area contributed by atoms with Gasteiger partial charge in [0.2, 0.25) is 0 Å². The fourth-order valence-electron chi connectivity index (χ4n) is 2.29. The number of carboxylic acid groups (broad SMARTS) is 1. The van der Waals surface area contributed by atoms with Crippen molar-refractivity contribution in [2.24, 2.45) is 5.92 Å². The van der Waals surface area contributed by atoms with Crippen LogP contribution < -0.4 is 5.32 Å². The van der Waals surface area contributed by atoms with Crippen LogP contribution in [-0.4, -0.2) is 64.6 Å². The second-order valence-corrected chi connectivity index (χ2v) is 4.82. The van der Waals surface area contributed by atoms with Crippen molar-refractivity contribution in [1.82, 2.24) is 10.2 Å². The summed E-state index contributed by atoms with van der Waals surface area (Å²) in [7, 11) is 0. The fraction of sp³-hybridized carbons (Fsp3) is 0.833. The highest BCUT2D eigenvalue weighted by Gasteiger charge is 2.26. The van der Waals surface area contributed by atoms with E-state index in [1.54, 1.807) is 4.90 Å².